The van der Waals surface area contributed by atoms with E-state index in [4.69, 9.17) is 10.3 Å². The van der Waals surface area contributed by atoms with Crippen molar-refractivity contribution in [2.75, 3.05) is 0 Å². The van der Waals surface area contributed by atoms with Crippen molar-refractivity contribution in [3.8, 4) is 0 Å². The van der Waals surface area contributed by atoms with Gasteiger partial charge >= 0.3 is 0 Å². The summed E-state index contributed by atoms with van der Waals surface area (Å²) in [5.74, 6) is 8.00. The highest BCUT2D eigenvalue weighted by Crippen LogP contribution is 2.43. The van der Waals surface area contributed by atoms with Crippen molar-refractivity contribution in [3.05, 3.63) is 35.6 Å². The van der Waals surface area contributed by atoms with Crippen molar-refractivity contribution in [1.29, 1.82) is 0 Å². The Labute approximate surface area is 107 Å². The van der Waals surface area contributed by atoms with Crippen LogP contribution in [0.4, 0.5) is 0 Å². The van der Waals surface area contributed by atoms with Gasteiger partial charge < -0.3 is 4.42 Å². The summed E-state index contributed by atoms with van der Waals surface area (Å²) in [5.41, 5.74) is 5.08. The van der Waals surface area contributed by atoms with Crippen LogP contribution in [0, 0.1) is 18.8 Å². The Bertz CT molecular complexity index is 557. The zero-order valence-electron chi connectivity index (χ0n) is 10.9. The molecule has 0 spiro atoms. The summed E-state index contributed by atoms with van der Waals surface area (Å²) in [6.45, 7) is 4.33. The second-order valence-corrected chi connectivity index (χ2v) is 5.48. The maximum atomic E-state index is 6.01. The van der Waals surface area contributed by atoms with Crippen LogP contribution in [0.25, 0.3) is 11.0 Å². The third-order valence-corrected chi connectivity index (χ3v) is 4.14. The lowest BCUT2D eigenvalue weighted by molar-refractivity contribution is 0.309. The zero-order valence-corrected chi connectivity index (χ0v) is 10.9. The summed E-state index contributed by atoms with van der Waals surface area (Å²) in [4.78, 5) is 0. The van der Waals surface area contributed by atoms with Crippen LogP contribution in [0.5, 0.6) is 0 Å². The number of para-hydroxylation sites is 1. The summed E-state index contributed by atoms with van der Waals surface area (Å²) in [7, 11) is 0. The predicted molar refractivity (Wildman–Crippen MR) is 72.9 cm³/mol. The fourth-order valence-electron chi connectivity index (χ4n) is 2.77. The summed E-state index contributed by atoms with van der Waals surface area (Å²) < 4.78 is 6.01. The average molecular weight is 244 g/mol. The van der Waals surface area contributed by atoms with Gasteiger partial charge in [0.2, 0.25) is 0 Å². The molecule has 3 nitrogen and oxygen atoms in total. The van der Waals surface area contributed by atoms with Gasteiger partial charge in [-0.05, 0) is 43.2 Å². The largest absolute Gasteiger partial charge is 0.459 e. The molecule has 2 atom stereocenters. The number of furan rings is 1. The number of hydrogen-bond donors (Lipinski definition) is 2. The highest BCUT2D eigenvalue weighted by molar-refractivity contribution is 5.81. The third kappa shape index (κ3) is 1.93. The first-order valence-corrected chi connectivity index (χ1v) is 6.66. The van der Waals surface area contributed by atoms with Gasteiger partial charge in [-0.15, -0.1) is 0 Å². The molecule has 0 radical (unpaired) electrons. The second-order valence-electron chi connectivity index (χ2n) is 5.48. The smallest absolute Gasteiger partial charge is 0.137 e. The molecule has 1 fully saturated rings. The minimum absolute atomic E-state index is 0.115. The minimum atomic E-state index is 0.115. The normalized spacial score (nSPS) is 19.1. The van der Waals surface area contributed by atoms with Crippen LogP contribution in [0.2, 0.25) is 0 Å². The molecule has 0 saturated heterocycles. The van der Waals surface area contributed by atoms with Gasteiger partial charge in [-0.2, -0.15) is 0 Å². The lowest BCUT2D eigenvalue weighted by atomic mass is 9.95. The van der Waals surface area contributed by atoms with Crippen LogP contribution in [-0.4, -0.2) is 0 Å². The van der Waals surface area contributed by atoms with Gasteiger partial charge in [-0.3, -0.25) is 5.84 Å². The molecule has 3 N–H and O–H groups in total. The van der Waals surface area contributed by atoms with Crippen LogP contribution >= 0.6 is 0 Å². The van der Waals surface area contributed by atoms with Gasteiger partial charge in [-0.25, -0.2) is 5.43 Å². The SMILES string of the molecule is Cc1cccc2cc(C(NN)C(C)C3CC3)oc12. The van der Waals surface area contributed by atoms with Crippen molar-refractivity contribution in [2.24, 2.45) is 17.7 Å². The van der Waals surface area contributed by atoms with Gasteiger partial charge in [0.15, 0.2) is 0 Å². The van der Waals surface area contributed by atoms with E-state index in [2.05, 4.69) is 43.5 Å². The summed E-state index contributed by atoms with van der Waals surface area (Å²) in [6, 6.07) is 8.46. The molecule has 0 amide bonds. The first-order chi connectivity index (χ1) is 8.70. The minimum Gasteiger partial charge on any atom is -0.459 e. The standard InChI is InChI=1S/C15H20N2O/c1-9-4-3-5-12-8-13(18-15(9)12)14(17-16)10(2)11-6-7-11/h3-5,8,10-11,14,17H,6-7,16H2,1-2H3. The Morgan fingerprint density at radius 3 is 2.78 bits per heavy atom. The van der Waals surface area contributed by atoms with E-state index in [1.807, 2.05) is 0 Å². The maximum absolute atomic E-state index is 6.01. The van der Waals surface area contributed by atoms with Gasteiger partial charge in [-0.1, -0.05) is 25.1 Å². The van der Waals surface area contributed by atoms with Gasteiger partial charge in [0.05, 0.1) is 6.04 Å². The summed E-state index contributed by atoms with van der Waals surface area (Å²) in [5, 5.41) is 1.16. The molecule has 1 saturated carbocycles. The molecule has 96 valence electrons. The van der Waals surface area contributed by atoms with E-state index < -0.39 is 0 Å². The monoisotopic (exact) mass is 244 g/mol. The Balaban J connectivity index is 1.99. The number of nitrogens with one attached hydrogen (secondary N) is 1. The first kappa shape index (κ1) is 11.8. The first-order valence-electron chi connectivity index (χ1n) is 6.66. The number of benzene rings is 1. The number of hydrazine groups is 1. The Hall–Kier alpha value is -1.32. The Kier molecular flexibility index (Phi) is 2.88. The van der Waals surface area contributed by atoms with Crippen molar-refractivity contribution in [3.63, 3.8) is 0 Å². The lowest BCUT2D eigenvalue weighted by Gasteiger charge is -2.20. The van der Waals surface area contributed by atoms with E-state index in [1.165, 1.54) is 18.4 Å². The number of hydrogen-bond acceptors (Lipinski definition) is 3. The van der Waals surface area contributed by atoms with E-state index in [0.717, 1.165) is 22.6 Å². The molecule has 1 heterocycles. The molecule has 0 bridgehead atoms. The molecule has 1 aliphatic carbocycles. The van der Waals surface area contributed by atoms with E-state index >= 15 is 0 Å². The van der Waals surface area contributed by atoms with E-state index in [-0.39, 0.29) is 6.04 Å². The zero-order chi connectivity index (χ0) is 12.7. The molecule has 2 unspecified atom stereocenters. The van der Waals surface area contributed by atoms with E-state index in [9.17, 15) is 0 Å². The molecule has 3 rings (SSSR count). The Morgan fingerprint density at radius 1 is 1.39 bits per heavy atom. The van der Waals surface area contributed by atoms with Gasteiger partial charge in [0.25, 0.3) is 0 Å². The number of aryl methyl sites for hydroxylation is 1. The number of rotatable bonds is 4. The quantitative estimate of drug-likeness (QED) is 0.641. The average Bonchev–Trinajstić information content (AvgIpc) is 3.11. The van der Waals surface area contributed by atoms with Crippen molar-refractivity contribution in [2.45, 2.75) is 32.7 Å². The topological polar surface area (TPSA) is 51.2 Å². The number of nitrogens with two attached hydrogens (primary N) is 1. The van der Waals surface area contributed by atoms with E-state index in [1.54, 1.807) is 0 Å². The molecule has 0 aliphatic heterocycles. The molecular formula is C15H20N2O. The van der Waals surface area contributed by atoms with Crippen LogP contribution in [0.3, 0.4) is 0 Å². The molecular weight excluding hydrogens is 224 g/mol. The van der Waals surface area contributed by atoms with Crippen LogP contribution < -0.4 is 11.3 Å². The Morgan fingerprint density at radius 2 is 2.17 bits per heavy atom. The molecule has 18 heavy (non-hydrogen) atoms. The fraction of sp³-hybridized carbons (Fsp3) is 0.467. The molecule has 1 aromatic carbocycles. The third-order valence-electron chi connectivity index (χ3n) is 4.14. The highest BCUT2D eigenvalue weighted by Gasteiger charge is 2.35. The summed E-state index contributed by atoms with van der Waals surface area (Å²) >= 11 is 0. The molecule has 3 heteroatoms. The van der Waals surface area contributed by atoms with Crippen LogP contribution in [0.1, 0.15) is 37.1 Å². The molecule has 2 aromatic rings. The van der Waals surface area contributed by atoms with Gasteiger partial charge in [0.1, 0.15) is 11.3 Å². The van der Waals surface area contributed by atoms with Crippen molar-refractivity contribution < 1.29 is 4.42 Å². The van der Waals surface area contributed by atoms with E-state index in [0.29, 0.717) is 5.92 Å². The highest BCUT2D eigenvalue weighted by atomic mass is 16.3. The van der Waals surface area contributed by atoms with Crippen LogP contribution in [0.15, 0.2) is 28.7 Å². The van der Waals surface area contributed by atoms with Crippen LogP contribution in [-0.2, 0) is 0 Å². The molecule has 1 aliphatic rings. The lowest BCUT2D eigenvalue weighted by Crippen LogP contribution is -2.33. The van der Waals surface area contributed by atoms with Crippen molar-refractivity contribution >= 4 is 11.0 Å². The maximum Gasteiger partial charge on any atom is 0.137 e. The van der Waals surface area contributed by atoms with Gasteiger partial charge in [0, 0.05) is 5.39 Å². The fourth-order valence-corrected chi connectivity index (χ4v) is 2.77. The molecule has 1 aromatic heterocycles. The number of fused-ring (bicyclic) bond motifs is 1. The van der Waals surface area contributed by atoms with Crippen molar-refractivity contribution in [1.82, 2.24) is 5.43 Å². The second kappa shape index (κ2) is 4.41. The summed E-state index contributed by atoms with van der Waals surface area (Å²) in [6.07, 6.45) is 2.64. The predicted octanol–water partition coefficient (Wildman–Crippen LogP) is 3.29.